The van der Waals surface area contributed by atoms with Crippen LogP contribution in [0.3, 0.4) is 0 Å². The summed E-state index contributed by atoms with van der Waals surface area (Å²) in [7, 11) is 0. The van der Waals surface area contributed by atoms with Crippen molar-refractivity contribution in [2.24, 2.45) is 5.92 Å². The van der Waals surface area contributed by atoms with Gasteiger partial charge in [0.2, 0.25) is 0 Å². The summed E-state index contributed by atoms with van der Waals surface area (Å²) in [5, 5.41) is 0. The summed E-state index contributed by atoms with van der Waals surface area (Å²) in [5.41, 5.74) is 2.35. The molecule has 0 aromatic heterocycles. The van der Waals surface area contributed by atoms with Gasteiger partial charge >= 0.3 is 5.97 Å². The number of esters is 1. The predicted molar refractivity (Wildman–Crippen MR) is 61.5 cm³/mol. The molecule has 2 atom stereocenters. The van der Waals surface area contributed by atoms with E-state index in [2.05, 4.69) is 12.7 Å². The molecule has 0 N–H and O–H groups in total. The lowest BCUT2D eigenvalue weighted by atomic mass is 9.84. The highest BCUT2D eigenvalue weighted by Gasteiger charge is 2.24. The Morgan fingerprint density at radius 1 is 1.67 bits per heavy atom. The van der Waals surface area contributed by atoms with Gasteiger partial charge in [0.05, 0.1) is 0 Å². The topological polar surface area (TPSA) is 26.3 Å². The molecule has 1 aliphatic rings. The molecule has 0 heterocycles. The third kappa shape index (κ3) is 3.22. The lowest BCUT2D eigenvalue weighted by molar-refractivity contribution is -0.147. The van der Waals surface area contributed by atoms with E-state index in [1.807, 2.05) is 20.8 Å². The van der Waals surface area contributed by atoms with Crippen LogP contribution < -0.4 is 0 Å². The lowest BCUT2D eigenvalue weighted by Gasteiger charge is -2.28. The summed E-state index contributed by atoms with van der Waals surface area (Å²) >= 11 is 0. The highest BCUT2D eigenvalue weighted by Crippen LogP contribution is 2.30. The third-order valence-electron chi connectivity index (χ3n) is 2.99. The van der Waals surface area contributed by atoms with E-state index in [0.29, 0.717) is 12.3 Å². The van der Waals surface area contributed by atoms with Gasteiger partial charge in [-0.15, -0.1) is 0 Å². The molecule has 0 aliphatic heterocycles. The van der Waals surface area contributed by atoms with Crippen LogP contribution in [-0.4, -0.2) is 12.1 Å². The molecule has 2 heteroatoms. The van der Waals surface area contributed by atoms with Crippen molar-refractivity contribution in [2.75, 3.05) is 0 Å². The zero-order valence-electron chi connectivity index (χ0n) is 9.88. The molecule has 0 aromatic rings. The average Bonchev–Trinajstić information content (AvgIpc) is 2.20. The second-order valence-electron chi connectivity index (χ2n) is 4.29. The van der Waals surface area contributed by atoms with Gasteiger partial charge in [0.15, 0.2) is 0 Å². The quantitative estimate of drug-likeness (QED) is 0.525. The van der Waals surface area contributed by atoms with Gasteiger partial charge in [0, 0.05) is 6.42 Å². The maximum atomic E-state index is 11.2. The van der Waals surface area contributed by atoms with Gasteiger partial charge in [0.1, 0.15) is 6.10 Å². The molecule has 2 nitrogen and oxygen atoms in total. The number of hydrogen-bond acceptors (Lipinski definition) is 2. The van der Waals surface area contributed by atoms with Crippen LogP contribution in [0.25, 0.3) is 0 Å². The van der Waals surface area contributed by atoms with Crippen molar-refractivity contribution in [1.29, 1.82) is 0 Å². The van der Waals surface area contributed by atoms with Gasteiger partial charge in [-0.2, -0.15) is 0 Å². The van der Waals surface area contributed by atoms with Gasteiger partial charge in [-0.3, -0.25) is 4.79 Å². The molecule has 0 spiro atoms. The van der Waals surface area contributed by atoms with E-state index in [1.54, 1.807) is 0 Å². The number of ether oxygens (including phenoxy) is 1. The van der Waals surface area contributed by atoms with Crippen molar-refractivity contribution in [3.8, 4) is 0 Å². The van der Waals surface area contributed by atoms with Crippen molar-refractivity contribution in [3.63, 3.8) is 0 Å². The number of allylic oxidation sites excluding steroid dienone is 2. The van der Waals surface area contributed by atoms with Gasteiger partial charge < -0.3 is 4.74 Å². The average molecular weight is 208 g/mol. The molecular formula is C13H20O2. The molecule has 0 aromatic carbocycles. The highest BCUT2D eigenvalue weighted by atomic mass is 16.5. The molecular weight excluding hydrogens is 188 g/mol. The number of carbonyl (C=O) groups is 1. The second-order valence-corrected chi connectivity index (χ2v) is 4.29. The smallest absolute Gasteiger partial charge is 0.306 e. The Hall–Kier alpha value is -1.05. The third-order valence-corrected chi connectivity index (χ3v) is 2.99. The molecule has 1 aliphatic carbocycles. The summed E-state index contributed by atoms with van der Waals surface area (Å²) in [6.07, 6.45) is 4.50. The molecule has 0 radical (unpaired) electrons. The Labute approximate surface area is 92.0 Å². The monoisotopic (exact) mass is 208 g/mol. The summed E-state index contributed by atoms with van der Waals surface area (Å²) in [4.78, 5) is 11.2. The molecule has 2 unspecified atom stereocenters. The van der Waals surface area contributed by atoms with Crippen LogP contribution in [0.4, 0.5) is 0 Å². The van der Waals surface area contributed by atoms with Crippen LogP contribution in [0.15, 0.2) is 23.8 Å². The van der Waals surface area contributed by atoms with E-state index in [1.165, 1.54) is 11.1 Å². The Balaban J connectivity index is 2.63. The van der Waals surface area contributed by atoms with E-state index in [0.717, 1.165) is 12.8 Å². The minimum absolute atomic E-state index is 0.0344. The van der Waals surface area contributed by atoms with Crippen LogP contribution in [0.2, 0.25) is 0 Å². The lowest BCUT2D eigenvalue weighted by Crippen LogP contribution is -2.25. The zero-order chi connectivity index (χ0) is 11.4. The fraction of sp³-hybridized carbons (Fsp3) is 0.615. The normalized spacial score (nSPS) is 25.7. The minimum atomic E-state index is -0.116. The number of rotatable bonds is 3. The fourth-order valence-corrected chi connectivity index (χ4v) is 1.79. The first-order chi connectivity index (χ1) is 7.04. The first-order valence-corrected chi connectivity index (χ1v) is 5.56. The Kier molecular flexibility index (Phi) is 4.13. The molecule has 0 bridgehead atoms. The molecule has 1 rings (SSSR count). The van der Waals surface area contributed by atoms with E-state index < -0.39 is 0 Å². The molecule has 0 saturated carbocycles. The maximum Gasteiger partial charge on any atom is 0.306 e. The van der Waals surface area contributed by atoms with Gasteiger partial charge in [-0.1, -0.05) is 25.2 Å². The van der Waals surface area contributed by atoms with E-state index in [9.17, 15) is 4.79 Å². The van der Waals surface area contributed by atoms with Crippen LogP contribution in [-0.2, 0) is 9.53 Å². The first kappa shape index (κ1) is 12.0. The summed E-state index contributed by atoms with van der Waals surface area (Å²) in [5.74, 6) is 0.346. The fourth-order valence-electron chi connectivity index (χ4n) is 1.79. The highest BCUT2D eigenvalue weighted by molar-refractivity contribution is 5.69. The van der Waals surface area contributed by atoms with Crippen LogP contribution in [0.5, 0.6) is 0 Å². The Morgan fingerprint density at radius 3 is 2.87 bits per heavy atom. The number of carbonyl (C=O) groups excluding carboxylic acids is 1. The zero-order valence-corrected chi connectivity index (χ0v) is 9.88. The maximum absolute atomic E-state index is 11.2. The molecule has 0 saturated heterocycles. The van der Waals surface area contributed by atoms with Crippen LogP contribution in [0, 0.1) is 5.92 Å². The molecule has 84 valence electrons. The molecule has 15 heavy (non-hydrogen) atoms. The molecule has 0 amide bonds. The second kappa shape index (κ2) is 5.15. The largest absolute Gasteiger partial charge is 0.458 e. The van der Waals surface area contributed by atoms with Crippen LogP contribution >= 0.6 is 0 Å². The minimum Gasteiger partial charge on any atom is -0.458 e. The molecule has 0 fully saturated rings. The van der Waals surface area contributed by atoms with Crippen LogP contribution in [0.1, 0.15) is 40.0 Å². The van der Waals surface area contributed by atoms with Crippen molar-refractivity contribution in [3.05, 3.63) is 23.8 Å². The SMILES string of the molecule is C=C(C)C1CC=C(C)C(OC(=O)CC)C1. The van der Waals surface area contributed by atoms with Crippen molar-refractivity contribution < 1.29 is 9.53 Å². The Bertz CT molecular complexity index is 289. The number of hydrogen-bond donors (Lipinski definition) is 0. The summed E-state index contributed by atoms with van der Waals surface area (Å²) in [6, 6.07) is 0. The standard InChI is InChI=1S/C13H20O2/c1-5-13(14)15-12-8-11(9(2)3)7-6-10(12)4/h6,11-12H,2,5,7-8H2,1,3-4H3. The van der Waals surface area contributed by atoms with Gasteiger partial charge in [0.25, 0.3) is 0 Å². The van der Waals surface area contributed by atoms with Crippen molar-refractivity contribution >= 4 is 5.97 Å². The van der Waals surface area contributed by atoms with E-state index in [4.69, 9.17) is 4.74 Å². The predicted octanol–water partition coefficient (Wildman–Crippen LogP) is 3.24. The van der Waals surface area contributed by atoms with E-state index in [-0.39, 0.29) is 12.1 Å². The van der Waals surface area contributed by atoms with Gasteiger partial charge in [-0.05, 0) is 38.2 Å². The van der Waals surface area contributed by atoms with Crippen molar-refractivity contribution in [1.82, 2.24) is 0 Å². The summed E-state index contributed by atoms with van der Waals surface area (Å²) in [6.45, 7) is 9.86. The van der Waals surface area contributed by atoms with Crippen molar-refractivity contribution in [2.45, 2.75) is 46.1 Å². The Morgan fingerprint density at radius 2 is 2.33 bits per heavy atom. The van der Waals surface area contributed by atoms with Gasteiger partial charge in [-0.25, -0.2) is 0 Å². The summed E-state index contributed by atoms with van der Waals surface area (Å²) < 4.78 is 5.38. The first-order valence-electron chi connectivity index (χ1n) is 5.56. The van der Waals surface area contributed by atoms with E-state index >= 15 is 0 Å².